The number of carbonyl (C=O) groups excluding carboxylic acids is 1. The second-order valence-electron chi connectivity index (χ2n) is 4.07. The molecule has 1 aromatic heterocycles. The maximum Gasteiger partial charge on any atom is 0.343 e. The van der Waals surface area contributed by atoms with Crippen LogP contribution in [0, 0.1) is 0 Å². The highest BCUT2D eigenvalue weighted by Crippen LogP contribution is 2.19. The average molecular weight is 336 g/mol. The summed E-state index contributed by atoms with van der Waals surface area (Å²) in [5.74, 6) is 0.195. The number of benzene rings is 1. The van der Waals surface area contributed by atoms with Crippen LogP contribution < -0.4 is 5.73 Å². The SMILES string of the molecule is CCOC(=O)c1cnc(Cc2ccccc2Br)nc1N. The van der Waals surface area contributed by atoms with Gasteiger partial charge >= 0.3 is 5.97 Å². The largest absolute Gasteiger partial charge is 0.462 e. The van der Waals surface area contributed by atoms with Gasteiger partial charge in [0, 0.05) is 17.1 Å². The first kappa shape index (κ1) is 14.5. The van der Waals surface area contributed by atoms with Crippen LogP contribution in [0.3, 0.4) is 0 Å². The molecule has 2 rings (SSSR count). The smallest absolute Gasteiger partial charge is 0.343 e. The maximum absolute atomic E-state index is 11.6. The van der Waals surface area contributed by atoms with Crippen LogP contribution in [-0.2, 0) is 11.2 Å². The molecule has 2 N–H and O–H groups in total. The number of hydrogen-bond acceptors (Lipinski definition) is 5. The van der Waals surface area contributed by atoms with Gasteiger partial charge in [-0.25, -0.2) is 14.8 Å². The lowest BCUT2D eigenvalue weighted by Gasteiger charge is -2.07. The molecule has 2 aromatic rings. The zero-order valence-electron chi connectivity index (χ0n) is 11.0. The molecule has 6 heteroatoms. The number of aromatic nitrogens is 2. The quantitative estimate of drug-likeness (QED) is 0.869. The minimum atomic E-state index is -0.502. The zero-order valence-corrected chi connectivity index (χ0v) is 12.6. The van der Waals surface area contributed by atoms with Crippen molar-refractivity contribution in [1.82, 2.24) is 9.97 Å². The number of rotatable bonds is 4. The van der Waals surface area contributed by atoms with Crippen LogP contribution in [-0.4, -0.2) is 22.5 Å². The first-order valence-electron chi connectivity index (χ1n) is 6.13. The van der Waals surface area contributed by atoms with Gasteiger partial charge < -0.3 is 10.5 Å². The topological polar surface area (TPSA) is 78.1 Å². The van der Waals surface area contributed by atoms with Crippen LogP contribution >= 0.6 is 15.9 Å². The van der Waals surface area contributed by atoms with Crippen molar-refractivity contribution in [2.24, 2.45) is 0 Å². The van der Waals surface area contributed by atoms with Gasteiger partial charge in [-0.05, 0) is 18.6 Å². The van der Waals surface area contributed by atoms with Crippen molar-refractivity contribution in [3.05, 3.63) is 51.9 Å². The second-order valence-corrected chi connectivity index (χ2v) is 4.93. The van der Waals surface area contributed by atoms with Gasteiger partial charge in [-0.2, -0.15) is 0 Å². The Bertz CT molecular complexity index is 632. The lowest BCUT2D eigenvalue weighted by Crippen LogP contribution is -2.12. The van der Waals surface area contributed by atoms with Crippen molar-refractivity contribution in [3.8, 4) is 0 Å². The van der Waals surface area contributed by atoms with Crippen LogP contribution in [0.15, 0.2) is 34.9 Å². The molecule has 0 saturated carbocycles. The van der Waals surface area contributed by atoms with Gasteiger partial charge in [0.2, 0.25) is 0 Å². The highest BCUT2D eigenvalue weighted by atomic mass is 79.9. The summed E-state index contributed by atoms with van der Waals surface area (Å²) < 4.78 is 5.86. The highest BCUT2D eigenvalue weighted by molar-refractivity contribution is 9.10. The number of nitrogen functional groups attached to an aromatic ring is 1. The summed E-state index contributed by atoms with van der Waals surface area (Å²) in [7, 11) is 0. The van der Waals surface area contributed by atoms with E-state index in [0.29, 0.717) is 12.2 Å². The minimum absolute atomic E-state index is 0.139. The molecular formula is C14H14BrN3O2. The number of carbonyl (C=O) groups is 1. The number of anilines is 1. The molecule has 0 fully saturated rings. The van der Waals surface area contributed by atoms with Crippen LogP contribution in [0.1, 0.15) is 28.7 Å². The Labute approximate surface area is 125 Å². The van der Waals surface area contributed by atoms with Crippen molar-refractivity contribution in [3.63, 3.8) is 0 Å². The molecule has 1 aromatic carbocycles. The molecule has 5 nitrogen and oxygen atoms in total. The summed E-state index contributed by atoms with van der Waals surface area (Å²) in [6, 6.07) is 7.80. The molecule has 0 atom stereocenters. The van der Waals surface area contributed by atoms with E-state index >= 15 is 0 Å². The molecule has 0 unspecified atom stereocenters. The molecule has 0 saturated heterocycles. The summed E-state index contributed by atoms with van der Waals surface area (Å²) in [4.78, 5) is 19.9. The standard InChI is InChI=1S/C14H14BrN3O2/c1-2-20-14(19)10-8-17-12(18-13(10)16)7-9-5-3-4-6-11(9)15/h3-6,8H,2,7H2,1H3,(H2,16,17,18). The van der Waals surface area contributed by atoms with E-state index in [0.717, 1.165) is 10.0 Å². The fourth-order valence-electron chi connectivity index (χ4n) is 1.70. The van der Waals surface area contributed by atoms with E-state index in [1.165, 1.54) is 6.20 Å². The number of ether oxygens (including phenoxy) is 1. The summed E-state index contributed by atoms with van der Waals surface area (Å²) in [6.45, 7) is 2.02. The second kappa shape index (κ2) is 6.47. The predicted octanol–water partition coefficient (Wildman–Crippen LogP) is 2.59. The van der Waals surface area contributed by atoms with Gasteiger partial charge in [-0.3, -0.25) is 0 Å². The Morgan fingerprint density at radius 2 is 2.15 bits per heavy atom. The van der Waals surface area contributed by atoms with Gasteiger partial charge in [-0.1, -0.05) is 34.1 Å². The zero-order chi connectivity index (χ0) is 14.5. The van der Waals surface area contributed by atoms with Crippen LogP contribution in [0.4, 0.5) is 5.82 Å². The van der Waals surface area contributed by atoms with Gasteiger partial charge in [-0.15, -0.1) is 0 Å². The van der Waals surface area contributed by atoms with Gasteiger partial charge in [0.25, 0.3) is 0 Å². The molecule has 0 bridgehead atoms. The van der Waals surface area contributed by atoms with Gasteiger partial charge in [0.15, 0.2) is 0 Å². The van der Waals surface area contributed by atoms with Crippen molar-refractivity contribution >= 4 is 27.7 Å². The number of esters is 1. The summed E-state index contributed by atoms with van der Waals surface area (Å²) in [6.07, 6.45) is 1.95. The van der Waals surface area contributed by atoms with Gasteiger partial charge in [0.1, 0.15) is 17.2 Å². The summed E-state index contributed by atoms with van der Waals surface area (Å²) >= 11 is 3.47. The normalized spacial score (nSPS) is 10.3. The summed E-state index contributed by atoms with van der Waals surface area (Å²) in [5, 5.41) is 0. The Balaban J connectivity index is 2.21. The molecule has 0 aliphatic heterocycles. The molecular weight excluding hydrogens is 322 g/mol. The maximum atomic E-state index is 11.6. The molecule has 0 amide bonds. The molecule has 1 heterocycles. The van der Waals surface area contributed by atoms with Crippen molar-refractivity contribution in [1.29, 1.82) is 0 Å². The van der Waals surface area contributed by atoms with Gasteiger partial charge in [0.05, 0.1) is 6.61 Å². The van der Waals surface area contributed by atoms with Crippen molar-refractivity contribution in [2.45, 2.75) is 13.3 Å². The van der Waals surface area contributed by atoms with E-state index in [4.69, 9.17) is 10.5 Å². The van der Waals surface area contributed by atoms with E-state index in [1.54, 1.807) is 6.92 Å². The third-order valence-corrected chi connectivity index (χ3v) is 3.44. The molecule has 20 heavy (non-hydrogen) atoms. The Kier molecular flexibility index (Phi) is 4.68. The Morgan fingerprint density at radius 1 is 1.40 bits per heavy atom. The summed E-state index contributed by atoms with van der Waals surface area (Å²) in [5.41, 5.74) is 7.03. The Morgan fingerprint density at radius 3 is 2.80 bits per heavy atom. The lowest BCUT2D eigenvalue weighted by molar-refractivity contribution is 0.0526. The van der Waals surface area contributed by atoms with E-state index in [9.17, 15) is 4.79 Å². The average Bonchev–Trinajstić information content (AvgIpc) is 2.42. The Hall–Kier alpha value is -1.95. The van der Waals surface area contributed by atoms with E-state index in [-0.39, 0.29) is 18.0 Å². The molecule has 0 aliphatic rings. The van der Waals surface area contributed by atoms with E-state index < -0.39 is 5.97 Å². The molecule has 0 radical (unpaired) electrons. The highest BCUT2D eigenvalue weighted by Gasteiger charge is 2.14. The monoisotopic (exact) mass is 335 g/mol. The first-order valence-corrected chi connectivity index (χ1v) is 6.93. The molecule has 0 spiro atoms. The van der Waals surface area contributed by atoms with Crippen molar-refractivity contribution in [2.75, 3.05) is 12.3 Å². The van der Waals surface area contributed by atoms with Crippen molar-refractivity contribution < 1.29 is 9.53 Å². The van der Waals surface area contributed by atoms with E-state index in [1.807, 2.05) is 24.3 Å². The minimum Gasteiger partial charge on any atom is -0.462 e. The first-order chi connectivity index (χ1) is 9.61. The van der Waals surface area contributed by atoms with Crippen LogP contribution in [0.2, 0.25) is 0 Å². The number of nitrogens with two attached hydrogens (primary N) is 1. The fourth-order valence-corrected chi connectivity index (χ4v) is 2.12. The molecule has 0 aliphatic carbocycles. The lowest BCUT2D eigenvalue weighted by atomic mass is 10.1. The third kappa shape index (κ3) is 3.33. The fraction of sp³-hybridized carbons (Fsp3) is 0.214. The number of nitrogens with zero attached hydrogens (tertiary/aromatic N) is 2. The molecule has 104 valence electrons. The predicted molar refractivity (Wildman–Crippen MR) is 79.3 cm³/mol. The van der Waals surface area contributed by atoms with Crippen LogP contribution in [0.5, 0.6) is 0 Å². The van der Waals surface area contributed by atoms with Crippen LogP contribution in [0.25, 0.3) is 0 Å². The van der Waals surface area contributed by atoms with E-state index in [2.05, 4.69) is 25.9 Å². The number of halogens is 1. The third-order valence-electron chi connectivity index (χ3n) is 2.67. The number of hydrogen-bond donors (Lipinski definition) is 1.